The van der Waals surface area contributed by atoms with Crippen LogP contribution in [0.2, 0.25) is 0 Å². The largest absolute Gasteiger partial charge is 0.379 e. The first-order valence-electron chi connectivity index (χ1n) is 14.2. The number of pyridine rings is 1. The lowest BCUT2D eigenvalue weighted by Crippen LogP contribution is -2.35. The summed E-state index contributed by atoms with van der Waals surface area (Å²) in [6.07, 6.45) is 5.68. The van der Waals surface area contributed by atoms with Gasteiger partial charge in [0.1, 0.15) is 5.82 Å². The number of hydrogen-bond acceptors (Lipinski definition) is 6. The van der Waals surface area contributed by atoms with E-state index in [9.17, 15) is 4.79 Å². The number of fused-ring (bicyclic) bond motifs is 1. The Morgan fingerprint density at radius 3 is 2.50 bits per heavy atom. The monoisotopic (exact) mass is 564 g/mol. The molecule has 2 N–H and O–H groups in total. The van der Waals surface area contributed by atoms with E-state index in [1.54, 1.807) is 10.9 Å². The van der Waals surface area contributed by atoms with Gasteiger partial charge in [-0.05, 0) is 31.2 Å². The minimum atomic E-state index is -0.356. The van der Waals surface area contributed by atoms with Crippen molar-refractivity contribution in [3.05, 3.63) is 90.4 Å². The van der Waals surface area contributed by atoms with E-state index in [2.05, 4.69) is 58.5 Å². The maximum atomic E-state index is 13.4. The Kier molecular flexibility index (Phi) is 7.49. The molecule has 4 heterocycles. The highest BCUT2D eigenvalue weighted by Gasteiger charge is 2.22. The number of carbonyl (C=O) groups is 1. The van der Waals surface area contributed by atoms with E-state index in [1.165, 1.54) is 0 Å². The Bertz CT molecular complexity index is 1710. The van der Waals surface area contributed by atoms with Crippen LogP contribution in [0.25, 0.3) is 22.1 Å². The van der Waals surface area contributed by atoms with Crippen molar-refractivity contribution in [1.82, 2.24) is 29.2 Å². The first-order valence-corrected chi connectivity index (χ1v) is 14.2. The average molecular weight is 565 g/mol. The number of rotatable bonds is 6. The van der Waals surface area contributed by atoms with Crippen molar-refractivity contribution in [1.29, 1.82) is 0 Å². The Morgan fingerprint density at radius 2 is 1.76 bits per heavy atom. The number of urea groups is 1. The molecule has 0 unspecified atom stereocenters. The lowest BCUT2D eigenvalue weighted by Gasteiger charge is -2.25. The molecule has 0 spiro atoms. The van der Waals surface area contributed by atoms with E-state index in [0.29, 0.717) is 11.5 Å². The summed E-state index contributed by atoms with van der Waals surface area (Å²) in [6.45, 7) is 12.4. The maximum Gasteiger partial charge on any atom is 0.324 e. The van der Waals surface area contributed by atoms with Crippen molar-refractivity contribution in [2.24, 2.45) is 0 Å². The van der Waals surface area contributed by atoms with Crippen LogP contribution in [0, 0.1) is 6.92 Å². The molecular weight excluding hydrogens is 528 g/mol. The first kappa shape index (κ1) is 27.6. The Labute approximate surface area is 245 Å². The summed E-state index contributed by atoms with van der Waals surface area (Å²) in [7, 11) is 0. The van der Waals surface area contributed by atoms with Crippen molar-refractivity contribution in [2.45, 2.75) is 39.7 Å². The molecule has 42 heavy (non-hydrogen) atoms. The fourth-order valence-electron chi connectivity index (χ4n) is 5.07. The van der Waals surface area contributed by atoms with Gasteiger partial charge < -0.3 is 14.6 Å². The molecule has 1 fully saturated rings. The number of hydrogen-bond donors (Lipinski definition) is 2. The number of benzene rings is 2. The number of morpholine rings is 1. The predicted molar refractivity (Wildman–Crippen MR) is 165 cm³/mol. The summed E-state index contributed by atoms with van der Waals surface area (Å²) in [6, 6.07) is 17.4. The molecule has 1 aliphatic heterocycles. The second-order valence-corrected chi connectivity index (χ2v) is 11.7. The summed E-state index contributed by atoms with van der Waals surface area (Å²) in [5, 5.41) is 12.8. The highest BCUT2D eigenvalue weighted by atomic mass is 16.5. The number of ether oxygens (including phenoxy) is 1. The molecule has 5 aromatic rings. The summed E-state index contributed by atoms with van der Waals surface area (Å²) in [4.78, 5) is 24.8. The number of amides is 2. The zero-order valence-electron chi connectivity index (χ0n) is 24.5. The van der Waals surface area contributed by atoms with Gasteiger partial charge in [0, 0.05) is 53.8 Å². The normalized spacial score (nSPS) is 14.3. The van der Waals surface area contributed by atoms with Crippen molar-refractivity contribution >= 4 is 28.3 Å². The maximum absolute atomic E-state index is 13.4. The molecule has 0 bridgehead atoms. The van der Waals surface area contributed by atoms with Gasteiger partial charge in [-0.1, -0.05) is 45.0 Å². The van der Waals surface area contributed by atoms with Crippen LogP contribution in [0.4, 0.5) is 16.3 Å². The standard InChI is InChI=1S/C32H36N8O2/c1-22-9-10-24(18-33-22)40-30(17-29(37-40)32(2,3)4)36-31(41)35-27-11-12-28(26-8-6-5-7-25(26)27)39-20-23(34-21-39)19-38-13-15-42-16-14-38/h5-12,17-18,20-21H,13-16,19H2,1-4H3,(H2,35,36,41). The molecule has 216 valence electrons. The van der Waals surface area contributed by atoms with Gasteiger partial charge >= 0.3 is 6.03 Å². The second kappa shape index (κ2) is 11.4. The van der Waals surface area contributed by atoms with Gasteiger partial charge in [0.05, 0.1) is 54.2 Å². The van der Waals surface area contributed by atoms with Crippen LogP contribution >= 0.6 is 0 Å². The lowest BCUT2D eigenvalue weighted by molar-refractivity contribution is 0.0337. The number of carbonyl (C=O) groups excluding carboxylic acids is 1. The lowest BCUT2D eigenvalue weighted by atomic mass is 9.92. The number of aromatic nitrogens is 5. The van der Waals surface area contributed by atoms with Gasteiger partial charge in [0.15, 0.2) is 0 Å². The van der Waals surface area contributed by atoms with Crippen molar-refractivity contribution < 1.29 is 9.53 Å². The van der Waals surface area contributed by atoms with Crippen molar-refractivity contribution in [3.8, 4) is 11.4 Å². The molecule has 10 heteroatoms. The van der Waals surface area contributed by atoms with Crippen LogP contribution in [0.5, 0.6) is 0 Å². The molecule has 0 atom stereocenters. The van der Waals surface area contributed by atoms with Gasteiger partial charge in [0.2, 0.25) is 0 Å². The summed E-state index contributed by atoms with van der Waals surface area (Å²) in [5.74, 6) is 0.565. The topological polar surface area (TPSA) is 102 Å². The number of nitrogens with one attached hydrogen (secondary N) is 2. The fraction of sp³-hybridized carbons (Fsp3) is 0.312. The summed E-state index contributed by atoms with van der Waals surface area (Å²) >= 11 is 0. The van der Waals surface area contributed by atoms with Gasteiger partial charge in [-0.3, -0.25) is 15.2 Å². The van der Waals surface area contributed by atoms with E-state index < -0.39 is 0 Å². The van der Waals surface area contributed by atoms with Gasteiger partial charge in [-0.15, -0.1) is 0 Å². The van der Waals surface area contributed by atoms with Crippen LogP contribution in [0.3, 0.4) is 0 Å². The number of nitrogens with zero attached hydrogens (tertiary/aromatic N) is 6. The molecule has 6 rings (SSSR count). The molecule has 2 aromatic carbocycles. The zero-order chi connectivity index (χ0) is 29.3. The van der Waals surface area contributed by atoms with Crippen LogP contribution in [0.15, 0.2) is 73.3 Å². The minimum Gasteiger partial charge on any atom is -0.379 e. The molecule has 0 saturated carbocycles. The van der Waals surface area contributed by atoms with Crippen LogP contribution in [-0.4, -0.2) is 61.5 Å². The molecule has 1 aliphatic rings. The average Bonchev–Trinajstić information content (AvgIpc) is 3.62. The third-order valence-corrected chi connectivity index (χ3v) is 7.41. The molecule has 0 radical (unpaired) electrons. The molecule has 10 nitrogen and oxygen atoms in total. The molecular formula is C32H36N8O2. The van der Waals surface area contributed by atoms with E-state index in [-0.39, 0.29) is 11.4 Å². The smallest absolute Gasteiger partial charge is 0.324 e. The molecule has 1 saturated heterocycles. The van der Waals surface area contributed by atoms with Crippen LogP contribution in [0.1, 0.15) is 37.9 Å². The Balaban J connectivity index is 1.25. The van der Waals surface area contributed by atoms with Gasteiger partial charge in [0.25, 0.3) is 0 Å². The number of aryl methyl sites for hydroxylation is 1. The first-order chi connectivity index (χ1) is 20.2. The third-order valence-electron chi connectivity index (χ3n) is 7.41. The van der Waals surface area contributed by atoms with E-state index >= 15 is 0 Å². The van der Waals surface area contributed by atoms with E-state index in [1.807, 2.05) is 66.3 Å². The Morgan fingerprint density at radius 1 is 0.976 bits per heavy atom. The third kappa shape index (κ3) is 5.90. The number of imidazole rings is 1. The molecule has 0 aliphatic carbocycles. The van der Waals surface area contributed by atoms with Crippen molar-refractivity contribution in [2.75, 3.05) is 36.9 Å². The van der Waals surface area contributed by atoms with Crippen LogP contribution < -0.4 is 10.6 Å². The second-order valence-electron chi connectivity index (χ2n) is 11.7. The highest BCUT2D eigenvalue weighted by molar-refractivity contribution is 6.07. The van der Waals surface area contributed by atoms with Crippen molar-refractivity contribution in [3.63, 3.8) is 0 Å². The SMILES string of the molecule is Cc1ccc(-n2nc(C(C)(C)C)cc2NC(=O)Nc2ccc(-n3cnc(CN4CCOCC4)c3)c3ccccc23)cn1. The number of anilines is 2. The minimum absolute atomic E-state index is 0.197. The fourth-order valence-corrected chi connectivity index (χ4v) is 5.07. The van der Waals surface area contributed by atoms with E-state index in [0.717, 1.165) is 72.1 Å². The Hall–Kier alpha value is -4.54. The quantitative estimate of drug-likeness (QED) is 0.275. The van der Waals surface area contributed by atoms with Crippen LogP contribution in [-0.2, 0) is 16.7 Å². The molecule has 2 amide bonds. The highest BCUT2D eigenvalue weighted by Crippen LogP contribution is 2.30. The van der Waals surface area contributed by atoms with Gasteiger partial charge in [-0.2, -0.15) is 5.10 Å². The summed E-state index contributed by atoms with van der Waals surface area (Å²) in [5.41, 5.74) is 5.07. The zero-order valence-corrected chi connectivity index (χ0v) is 24.5. The summed E-state index contributed by atoms with van der Waals surface area (Å²) < 4.78 is 9.24. The van der Waals surface area contributed by atoms with Gasteiger partial charge in [-0.25, -0.2) is 14.5 Å². The predicted octanol–water partition coefficient (Wildman–Crippen LogP) is 5.69. The molecule has 3 aromatic heterocycles. The van der Waals surface area contributed by atoms with E-state index in [4.69, 9.17) is 9.84 Å².